The number of hydrogen-bond acceptors (Lipinski definition) is 3. The highest BCUT2D eigenvalue weighted by atomic mass is 16.5. The van der Waals surface area contributed by atoms with Crippen LogP contribution < -0.4 is 0 Å². The molecule has 0 fully saturated rings. The molecule has 1 aromatic carbocycles. The molecule has 4 heteroatoms. The Morgan fingerprint density at radius 3 is 2.69 bits per heavy atom. The summed E-state index contributed by atoms with van der Waals surface area (Å²) in [4.78, 5) is 23.0. The number of rotatable bonds is 2. The van der Waals surface area contributed by atoms with E-state index in [-0.39, 0.29) is 6.61 Å². The largest absolute Gasteiger partial charge is 0.444 e. The molecule has 66 valence electrons. The molecule has 1 aromatic rings. The molecule has 0 aliphatic rings. The molecule has 4 nitrogen and oxygen atoms in total. The smallest absolute Gasteiger partial charge is 0.443 e. The summed E-state index contributed by atoms with van der Waals surface area (Å²) in [5.74, 6) is 0. The van der Waals surface area contributed by atoms with E-state index >= 15 is 0 Å². The minimum atomic E-state index is -0.918. The van der Waals surface area contributed by atoms with Gasteiger partial charge in [-0.25, -0.2) is 9.59 Å². The first kappa shape index (κ1) is 9.16. The van der Waals surface area contributed by atoms with Crippen molar-refractivity contribution < 1.29 is 14.3 Å². The zero-order chi connectivity index (χ0) is 9.52. The lowest BCUT2D eigenvalue weighted by atomic mass is 10.2. The molecule has 0 aromatic heterocycles. The van der Waals surface area contributed by atoms with Gasteiger partial charge in [0.2, 0.25) is 6.08 Å². The molecule has 0 bridgehead atoms. The summed E-state index contributed by atoms with van der Waals surface area (Å²) in [5.41, 5.74) is 0.844. The minimum absolute atomic E-state index is 0.116. The second-order valence-electron chi connectivity index (χ2n) is 2.24. The SMILES string of the molecule is O=C=NC(=O)OCc1ccccc1. The predicted molar refractivity (Wildman–Crippen MR) is 44.7 cm³/mol. The van der Waals surface area contributed by atoms with E-state index in [0.717, 1.165) is 11.6 Å². The lowest BCUT2D eigenvalue weighted by Gasteiger charge is -1.98. The van der Waals surface area contributed by atoms with Gasteiger partial charge in [0.25, 0.3) is 0 Å². The number of carbonyl (C=O) groups excluding carboxylic acids is 2. The molecule has 1 rings (SSSR count). The highest BCUT2D eigenvalue weighted by molar-refractivity contribution is 5.74. The van der Waals surface area contributed by atoms with E-state index in [1.165, 1.54) is 0 Å². The number of benzene rings is 1. The molecule has 13 heavy (non-hydrogen) atoms. The van der Waals surface area contributed by atoms with Crippen LogP contribution in [0.4, 0.5) is 4.79 Å². The number of amides is 1. The van der Waals surface area contributed by atoms with Gasteiger partial charge in [-0.2, -0.15) is 0 Å². The van der Waals surface area contributed by atoms with Crippen molar-refractivity contribution in [1.82, 2.24) is 0 Å². The highest BCUT2D eigenvalue weighted by Crippen LogP contribution is 2.00. The van der Waals surface area contributed by atoms with Crippen LogP contribution in [0, 0.1) is 0 Å². The second-order valence-corrected chi connectivity index (χ2v) is 2.24. The Kier molecular flexibility index (Phi) is 3.42. The number of isocyanates is 1. The van der Waals surface area contributed by atoms with Gasteiger partial charge in [-0.3, -0.25) is 0 Å². The van der Waals surface area contributed by atoms with E-state index in [2.05, 4.69) is 9.73 Å². The number of ether oxygens (including phenoxy) is 1. The van der Waals surface area contributed by atoms with Crippen molar-refractivity contribution in [2.24, 2.45) is 4.99 Å². The van der Waals surface area contributed by atoms with E-state index in [4.69, 9.17) is 0 Å². The second kappa shape index (κ2) is 4.85. The van der Waals surface area contributed by atoms with Crippen molar-refractivity contribution in [1.29, 1.82) is 0 Å². The maximum Gasteiger partial charge on any atom is 0.444 e. The number of hydrogen-bond donors (Lipinski definition) is 0. The summed E-state index contributed by atoms with van der Waals surface area (Å²) in [6.45, 7) is 0.116. The van der Waals surface area contributed by atoms with E-state index in [0.29, 0.717) is 0 Å². The number of carbonyl (C=O) groups is 1. The van der Waals surface area contributed by atoms with Gasteiger partial charge in [0, 0.05) is 0 Å². The summed E-state index contributed by atoms with van der Waals surface area (Å²) in [6, 6.07) is 9.11. The normalized spacial score (nSPS) is 8.62. The minimum Gasteiger partial charge on any atom is -0.443 e. The standard InChI is InChI=1S/C9H7NO3/c11-7-10-9(12)13-6-8-4-2-1-3-5-8/h1-5H,6H2. The maximum atomic E-state index is 10.6. The van der Waals surface area contributed by atoms with Crippen LogP contribution >= 0.6 is 0 Å². The lowest BCUT2D eigenvalue weighted by molar-refractivity contribution is 0.151. The average Bonchev–Trinajstić information content (AvgIpc) is 2.17. The highest BCUT2D eigenvalue weighted by Gasteiger charge is 1.98. The molecule has 1 amide bonds. The molecule has 0 saturated carbocycles. The summed E-state index contributed by atoms with van der Waals surface area (Å²) in [6.07, 6.45) is 0.186. The van der Waals surface area contributed by atoms with Crippen LogP contribution in [0.15, 0.2) is 35.3 Å². The van der Waals surface area contributed by atoms with E-state index in [1.54, 1.807) is 12.1 Å². The van der Waals surface area contributed by atoms with Crippen molar-refractivity contribution in [3.05, 3.63) is 35.9 Å². The van der Waals surface area contributed by atoms with Crippen LogP contribution in [0.5, 0.6) is 0 Å². The van der Waals surface area contributed by atoms with Crippen LogP contribution in [0.1, 0.15) is 5.56 Å². The summed E-state index contributed by atoms with van der Waals surface area (Å²) in [5, 5.41) is 0. The predicted octanol–water partition coefficient (Wildman–Crippen LogP) is 1.66. The summed E-state index contributed by atoms with van der Waals surface area (Å²) >= 11 is 0. The van der Waals surface area contributed by atoms with Crippen LogP contribution in [0.2, 0.25) is 0 Å². The van der Waals surface area contributed by atoms with Crippen LogP contribution in [0.25, 0.3) is 0 Å². The van der Waals surface area contributed by atoms with Crippen LogP contribution in [-0.4, -0.2) is 12.2 Å². The third kappa shape index (κ3) is 3.31. The fourth-order valence-corrected chi connectivity index (χ4v) is 0.789. The Morgan fingerprint density at radius 1 is 1.38 bits per heavy atom. The first-order chi connectivity index (χ1) is 6.33. The molecule has 0 spiro atoms. The number of aliphatic imine (C=N–C) groups is 1. The Balaban J connectivity index is 2.44. The van der Waals surface area contributed by atoms with Gasteiger partial charge in [0.15, 0.2) is 0 Å². The molecule has 0 aliphatic carbocycles. The van der Waals surface area contributed by atoms with E-state index in [1.807, 2.05) is 18.2 Å². The van der Waals surface area contributed by atoms with E-state index < -0.39 is 6.09 Å². The quantitative estimate of drug-likeness (QED) is 0.509. The molecular formula is C9H7NO3. The molecule has 0 saturated heterocycles. The lowest BCUT2D eigenvalue weighted by Crippen LogP contribution is -1.98. The molecular weight excluding hydrogens is 170 g/mol. The molecule has 0 N–H and O–H groups in total. The first-order valence-corrected chi connectivity index (χ1v) is 3.61. The van der Waals surface area contributed by atoms with Gasteiger partial charge >= 0.3 is 6.09 Å². The average molecular weight is 177 g/mol. The van der Waals surface area contributed by atoms with Gasteiger partial charge < -0.3 is 4.74 Å². The van der Waals surface area contributed by atoms with Gasteiger partial charge in [-0.1, -0.05) is 35.3 Å². The van der Waals surface area contributed by atoms with Gasteiger partial charge in [-0.15, -0.1) is 0 Å². The summed E-state index contributed by atoms with van der Waals surface area (Å²) < 4.78 is 4.60. The van der Waals surface area contributed by atoms with Gasteiger partial charge in [0.05, 0.1) is 0 Å². The van der Waals surface area contributed by atoms with Crippen LogP contribution in [-0.2, 0) is 16.1 Å². The Labute approximate surface area is 74.9 Å². The maximum absolute atomic E-state index is 10.6. The Hall–Kier alpha value is -1.93. The first-order valence-electron chi connectivity index (χ1n) is 3.61. The molecule has 0 radical (unpaired) electrons. The molecule has 0 heterocycles. The fourth-order valence-electron chi connectivity index (χ4n) is 0.789. The van der Waals surface area contributed by atoms with Crippen LogP contribution in [0.3, 0.4) is 0 Å². The van der Waals surface area contributed by atoms with E-state index in [9.17, 15) is 9.59 Å². The van der Waals surface area contributed by atoms with Crippen molar-refractivity contribution in [2.45, 2.75) is 6.61 Å². The fraction of sp³-hybridized carbons (Fsp3) is 0.111. The number of nitrogens with zero attached hydrogens (tertiary/aromatic N) is 1. The van der Waals surface area contributed by atoms with Crippen molar-refractivity contribution >= 4 is 12.2 Å². The van der Waals surface area contributed by atoms with Crippen molar-refractivity contribution in [3.63, 3.8) is 0 Å². The molecule has 0 unspecified atom stereocenters. The zero-order valence-corrected chi connectivity index (χ0v) is 6.77. The van der Waals surface area contributed by atoms with Crippen molar-refractivity contribution in [3.8, 4) is 0 Å². The van der Waals surface area contributed by atoms with Gasteiger partial charge in [-0.05, 0) is 5.56 Å². The Morgan fingerprint density at radius 2 is 2.08 bits per heavy atom. The summed E-state index contributed by atoms with van der Waals surface area (Å²) in [7, 11) is 0. The molecule has 0 aliphatic heterocycles. The third-order valence-corrected chi connectivity index (χ3v) is 1.34. The molecule has 0 atom stereocenters. The zero-order valence-electron chi connectivity index (χ0n) is 6.77. The Bertz CT molecular complexity index is 328. The topological polar surface area (TPSA) is 55.7 Å². The van der Waals surface area contributed by atoms with Gasteiger partial charge in [0.1, 0.15) is 6.61 Å². The van der Waals surface area contributed by atoms with Crippen molar-refractivity contribution in [2.75, 3.05) is 0 Å². The third-order valence-electron chi connectivity index (χ3n) is 1.34. The monoisotopic (exact) mass is 177 g/mol.